The molecule has 0 bridgehead atoms. The van der Waals surface area contributed by atoms with Crippen molar-refractivity contribution in [2.24, 2.45) is 11.0 Å². The smallest absolute Gasteiger partial charge is 0.266 e. The number of carbonyl (C=O) groups is 1. The molecule has 0 fully saturated rings. The van der Waals surface area contributed by atoms with Gasteiger partial charge in [0, 0.05) is 6.21 Å². The highest BCUT2D eigenvalue weighted by Gasteiger charge is 2.07. The number of hydrazone groups is 1. The van der Waals surface area contributed by atoms with E-state index in [0.29, 0.717) is 10.8 Å². The molecule has 0 aromatic carbocycles. The third-order valence-electron chi connectivity index (χ3n) is 1.63. The average molecular weight is 228 g/mol. The summed E-state index contributed by atoms with van der Waals surface area (Å²) in [6, 6.07) is 2.70. The van der Waals surface area contributed by atoms with Crippen LogP contribution in [0.5, 0.6) is 0 Å². The summed E-state index contributed by atoms with van der Waals surface area (Å²) in [4.78, 5) is 11.6. The first-order valence-corrected chi connectivity index (χ1v) is 5.48. The lowest BCUT2D eigenvalue weighted by Crippen LogP contribution is -2.16. The van der Waals surface area contributed by atoms with Crippen molar-refractivity contribution in [2.75, 3.05) is 0 Å². The van der Waals surface area contributed by atoms with Crippen molar-refractivity contribution >= 4 is 23.5 Å². The number of nitrogens with one attached hydrogen (secondary N) is 1. The summed E-state index contributed by atoms with van der Waals surface area (Å²) in [6.07, 6.45) is 2.45. The number of amides is 1. The van der Waals surface area contributed by atoms with E-state index in [1.54, 1.807) is 6.21 Å². The third kappa shape index (κ3) is 4.20. The van der Waals surface area contributed by atoms with Crippen molar-refractivity contribution < 1.29 is 9.18 Å². The number of carbonyl (C=O) groups excluding carboxylic acids is 1. The molecule has 82 valence electrons. The lowest BCUT2D eigenvalue weighted by molar-refractivity contribution is 0.0959. The van der Waals surface area contributed by atoms with Gasteiger partial charge in [0.15, 0.2) is 5.13 Å². The van der Waals surface area contributed by atoms with Crippen molar-refractivity contribution in [3.8, 4) is 0 Å². The molecule has 1 N–H and O–H groups in total. The van der Waals surface area contributed by atoms with Gasteiger partial charge in [-0.3, -0.25) is 4.79 Å². The molecule has 1 aromatic heterocycles. The Bertz CT molecular complexity index is 360. The molecule has 1 rings (SSSR count). The molecule has 0 aliphatic heterocycles. The van der Waals surface area contributed by atoms with E-state index >= 15 is 0 Å². The molecule has 1 aromatic rings. The van der Waals surface area contributed by atoms with Crippen LogP contribution in [0.4, 0.5) is 4.39 Å². The summed E-state index contributed by atoms with van der Waals surface area (Å²) in [6.45, 7) is 4.12. The van der Waals surface area contributed by atoms with Crippen LogP contribution in [0, 0.1) is 11.0 Å². The van der Waals surface area contributed by atoms with Crippen LogP contribution in [0.3, 0.4) is 0 Å². The van der Waals surface area contributed by atoms with Gasteiger partial charge in [-0.1, -0.05) is 13.8 Å². The predicted octanol–water partition coefficient (Wildman–Crippen LogP) is 2.65. The minimum Gasteiger partial charge on any atom is -0.266 e. The van der Waals surface area contributed by atoms with Gasteiger partial charge < -0.3 is 0 Å². The van der Waals surface area contributed by atoms with Gasteiger partial charge in [0.05, 0.1) is 4.88 Å². The lowest BCUT2D eigenvalue weighted by Gasteiger charge is -1.97. The van der Waals surface area contributed by atoms with Crippen molar-refractivity contribution in [3.63, 3.8) is 0 Å². The molecule has 1 heterocycles. The molecular weight excluding hydrogens is 215 g/mol. The fraction of sp³-hybridized carbons (Fsp3) is 0.400. The fourth-order valence-corrected chi connectivity index (χ4v) is 1.48. The van der Waals surface area contributed by atoms with Crippen LogP contribution in [-0.2, 0) is 0 Å². The van der Waals surface area contributed by atoms with Crippen molar-refractivity contribution in [1.82, 2.24) is 5.43 Å². The van der Waals surface area contributed by atoms with Gasteiger partial charge in [-0.25, -0.2) is 5.43 Å². The standard InChI is InChI=1S/C10H13FN2OS/c1-7(2)5-6-12-13-10(14)8-3-4-9(11)15-8/h3-4,6-7H,5H2,1-2H3,(H,13,14)/b12-6+. The second-order valence-corrected chi connectivity index (χ2v) is 4.52. The maximum Gasteiger partial charge on any atom is 0.281 e. The normalized spacial score (nSPS) is 11.2. The molecule has 0 saturated heterocycles. The molecular formula is C10H13FN2OS. The summed E-state index contributed by atoms with van der Waals surface area (Å²) >= 11 is 0.808. The molecule has 0 spiro atoms. The molecule has 15 heavy (non-hydrogen) atoms. The van der Waals surface area contributed by atoms with Crippen molar-refractivity contribution in [2.45, 2.75) is 20.3 Å². The van der Waals surface area contributed by atoms with E-state index in [9.17, 15) is 9.18 Å². The summed E-state index contributed by atoms with van der Waals surface area (Å²) in [5.41, 5.74) is 2.34. The molecule has 3 nitrogen and oxygen atoms in total. The second-order valence-electron chi connectivity index (χ2n) is 3.49. The van der Waals surface area contributed by atoms with E-state index in [1.165, 1.54) is 12.1 Å². The highest BCUT2D eigenvalue weighted by atomic mass is 32.1. The predicted molar refractivity (Wildman–Crippen MR) is 59.7 cm³/mol. The van der Waals surface area contributed by atoms with Gasteiger partial charge in [0.2, 0.25) is 0 Å². The number of rotatable bonds is 4. The summed E-state index contributed by atoms with van der Waals surface area (Å²) < 4.78 is 12.6. The second kappa shape index (κ2) is 5.60. The number of thiophene rings is 1. The first-order chi connectivity index (χ1) is 7.09. The molecule has 0 aliphatic rings. The molecule has 0 radical (unpaired) electrons. The highest BCUT2D eigenvalue weighted by Crippen LogP contribution is 2.13. The zero-order valence-electron chi connectivity index (χ0n) is 8.66. The van der Waals surface area contributed by atoms with E-state index in [0.717, 1.165) is 17.8 Å². The van der Waals surface area contributed by atoms with E-state index in [4.69, 9.17) is 0 Å². The highest BCUT2D eigenvalue weighted by molar-refractivity contribution is 7.12. The maximum atomic E-state index is 12.6. The van der Waals surface area contributed by atoms with Crippen molar-refractivity contribution in [3.05, 3.63) is 22.1 Å². The quantitative estimate of drug-likeness (QED) is 0.624. The van der Waals surface area contributed by atoms with Crippen LogP contribution in [0.25, 0.3) is 0 Å². The molecule has 0 atom stereocenters. The Kier molecular flexibility index (Phi) is 4.42. The zero-order valence-corrected chi connectivity index (χ0v) is 9.47. The number of hydrogen-bond acceptors (Lipinski definition) is 3. The number of halogens is 1. The van der Waals surface area contributed by atoms with Gasteiger partial charge in [-0.2, -0.15) is 9.49 Å². The lowest BCUT2D eigenvalue weighted by atomic mass is 10.2. The third-order valence-corrected chi connectivity index (χ3v) is 2.50. The van der Waals surface area contributed by atoms with E-state index in [2.05, 4.69) is 24.4 Å². The molecule has 1 amide bonds. The Labute approximate surface area is 92.0 Å². The molecule has 0 unspecified atom stereocenters. The Morgan fingerprint density at radius 3 is 2.93 bits per heavy atom. The van der Waals surface area contributed by atoms with E-state index < -0.39 is 0 Å². The summed E-state index contributed by atoms with van der Waals surface area (Å²) in [7, 11) is 0. The van der Waals surface area contributed by atoms with Crippen LogP contribution in [0.2, 0.25) is 0 Å². The fourth-order valence-electron chi connectivity index (χ4n) is 0.859. The maximum absolute atomic E-state index is 12.6. The number of nitrogens with zero attached hydrogens (tertiary/aromatic N) is 1. The largest absolute Gasteiger partial charge is 0.281 e. The van der Waals surface area contributed by atoms with Gasteiger partial charge in [0.25, 0.3) is 5.91 Å². The number of hydrogen-bond donors (Lipinski definition) is 1. The van der Waals surface area contributed by atoms with Crippen LogP contribution in [0.15, 0.2) is 17.2 Å². The summed E-state index contributed by atoms with van der Waals surface area (Å²) in [5.74, 6) is 0.133. The zero-order chi connectivity index (χ0) is 11.3. The van der Waals surface area contributed by atoms with Crippen LogP contribution < -0.4 is 5.43 Å². The molecule has 0 aliphatic carbocycles. The monoisotopic (exact) mass is 228 g/mol. The van der Waals surface area contributed by atoms with E-state index in [-0.39, 0.29) is 11.0 Å². The SMILES string of the molecule is CC(C)C/C=N/NC(=O)c1ccc(F)s1. The molecule has 5 heteroatoms. The van der Waals surface area contributed by atoms with E-state index in [1.807, 2.05) is 0 Å². The van der Waals surface area contributed by atoms with Crippen LogP contribution in [0.1, 0.15) is 29.9 Å². The van der Waals surface area contributed by atoms with Crippen molar-refractivity contribution in [1.29, 1.82) is 0 Å². The topological polar surface area (TPSA) is 41.5 Å². The minimum absolute atomic E-state index is 0.328. The van der Waals surface area contributed by atoms with Gasteiger partial charge in [-0.15, -0.1) is 11.3 Å². The van der Waals surface area contributed by atoms with Crippen LogP contribution in [-0.4, -0.2) is 12.1 Å². The first kappa shape index (κ1) is 11.8. The Morgan fingerprint density at radius 2 is 2.40 bits per heavy atom. The minimum atomic E-state index is -0.371. The molecule has 0 saturated carbocycles. The first-order valence-electron chi connectivity index (χ1n) is 4.67. The Balaban J connectivity index is 2.40. The Morgan fingerprint density at radius 1 is 1.67 bits per heavy atom. The summed E-state index contributed by atoms with van der Waals surface area (Å²) in [5, 5.41) is 3.39. The Hall–Kier alpha value is -1.23. The van der Waals surface area contributed by atoms with Gasteiger partial charge in [-0.05, 0) is 24.5 Å². The van der Waals surface area contributed by atoms with Gasteiger partial charge in [0.1, 0.15) is 0 Å². The van der Waals surface area contributed by atoms with Crippen LogP contribution >= 0.6 is 11.3 Å². The average Bonchev–Trinajstić information content (AvgIpc) is 2.59. The van der Waals surface area contributed by atoms with Gasteiger partial charge >= 0.3 is 0 Å².